The van der Waals surface area contributed by atoms with Crippen LogP contribution in [0.25, 0.3) is 0 Å². The van der Waals surface area contributed by atoms with Gasteiger partial charge in [0.2, 0.25) is 15.9 Å². The number of rotatable bonds is 4. The second kappa shape index (κ2) is 6.78. The monoisotopic (exact) mass is 414 g/mol. The summed E-state index contributed by atoms with van der Waals surface area (Å²) in [5, 5.41) is 0. The van der Waals surface area contributed by atoms with Gasteiger partial charge in [-0.3, -0.25) is 0 Å². The summed E-state index contributed by atoms with van der Waals surface area (Å²) in [6, 6.07) is 7.29. The van der Waals surface area contributed by atoms with Crippen molar-refractivity contribution in [3.05, 3.63) is 52.4 Å². The van der Waals surface area contributed by atoms with Gasteiger partial charge in [-0.1, -0.05) is 0 Å². The van der Waals surface area contributed by atoms with Crippen LogP contribution in [0.5, 0.6) is 5.88 Å². The molecule has 1 atom stereocenters. The number of hydrogen-bond acceptors (Lipinski definition) is 4. The number of pyridine rings is 1. The number of aromatic nitrogens is 1. The molecular formula is C16H16BrFN2O3S. The highest BCUT2D eigenvalue weighted by atomic mass is 79.9. The summed E-state index contributed by atoms with van der Waals surface area (Å²) < 4.78 is 46.6. The van der Waals surface area contributed by atoms with Crippen LogP contribution in [0.15, 0.2) is 45.9 Å². The summed E-state index contributed by atoms with van der Waals surface area (Å²) in [5.74, 6) is -0.00575. The fourth-order valence-electron chi connectivity index (χ4n) is 2.67. The second-order valence-electron chi connectivity index (χ2n) is 5.59. The zero-order valence-corrected chi connectivity index (χ0v) is 15.3. The predicted molar refractivity (Wildman–Crippen MR) is 90.9 cm³/mol. The molecule has 1 aromatic heterocycles. The van der Waals surface area contributed by atoms with Gasteiger partial charge in [0.15, 0.2) is 0 Å². The van der Waals surface area contributed by atoms with Gasteiger partial charge < -0.3 is 4.74 Å². The van der Waals surface area contributed by atoms with Crippen molar-refractivity contribution in [3.63, 3.8) is 0 Å². The Morgan fingerprint density at radius 1 is 1.38 bits per heavy atom. The van der Waals surface area contributed by atoms with Crippen molar-refractivity contribution in [1.82, 2.24) is 9.29 Å². The van der Waals surface area contributed by atoms with Gasteiger partial charge in [0.05, 0.1) is 15.9 Å². The number of halogens is 2. The molecular weight excluding hydrogens is 399 g/mol. The van der Waals surface area contributed by atoms with E-state index in [0.29, 0.717) is 24.4 Å². The Hall–Kier alpha value is -1.51. The molecule has 1 saturated heterocycles. The van der Waals surface area contributed by atoms with Crippen LogP contribution in [0.3, 0.4) is 0 Å². The standard InChI is InChI=1S/C16H16BrFN2O3S/c1-11-9-12(18)4-5-15(11)24(21,22)20-8-6-13(10-20)23-16-14(17)3-2-7-19-16/h2-5,7,9,13H,6,8,10H2,1H3/t13-/m0/s1. The van der Waals surface area contributed by atoms with Gasteiger partial charge in [-0.2, -0.15) is 4.31 Å². The Labute approximate surface area is 148 Å². The maximum absolute atomic E-state index is 13.2. The molecule has 1 aliphatic heterocycles. The van der Waals surface area contributed by atoms with Gasteiger partial charge in [-0.15, -0.1) is 0 Å². The number of hydrogen-bond donors (Lipinski definition) is 0. The first kappa shape index (κ1) is 17.3. The van der Waals surface area contributed by atoms with Crippen molar-refractivity contribution in [2.45, 2.75) is 24.3 Å². The zero-order chi connectivity index (χ0) is 17.3. The quantitative estimate of drug-likeness (QED) is 0.770. The van der Waals surface area contributed by atoms with E-state index in [-0.39, 0.29) is 17.5 Å². The molecule has 8 heteroatoms. The lowest BCUT2D eigenvalue weighted by Crippen LogP contribution is -2.31. The third-order valence-corrected chi connectivity index (χ3v) is 6.49. The van der Waals surface area contributed by atoms with Crippen LogP contribution in [-0.2, 0) is 10.0 Å². The molecule has 128 valence electrons. The highest BCUT2D eigenvalue weighted by Gasteiger charge is 2.34. The number of nitrogens with zero attached hydrogens (tertiary/aromatic N) is 2. The van der Waals surface area contributed by atoms with E-state index in [1.165, 1.54) is 16.4 Å². The Balaban J connectivity index is 1.76. The molecule has 2 heterocycles. The predicted octanol–water partition coefficient (Wildman–Crippen LogP) is 3.13. The summed E-state index contributed by atoms with van der Waals surface area (Å²) in [6.45, 7) is 2.18. The van der Waals surface area contributed by atoms with Gasteiger partial charge in [-0.25, -0.2) is 17.8 Å². The molecule has 5 nitrogen and oxygen atoms in total. The maximum Gasteiger partial charge on any atom is 0.243 e. The minimum Gasteiger partial charge on any atom is -0.472 e. The van der Waals surface area contributed by atoms with Gasteiger partial charge in [0, 0.05) is 12.7 Å². The Morgan fingerprint density at radius 3 is 2.88 bits per heavy atom. The lowest BCUT2D eigenvalue weighted by Gasteiger charge is -2.18. The lowest BCUT2D eigenvalue weighted by atomic mass is 10.2. The molecule has 24 heavy (non-hydrogen) atoms. The average Bonchev–Trinajstić information content (AvgIpc) is 2.98. The molecule has 0 aliphatic carbocycles. The van der Waals surface area contributed by atoms with Gasteiger partial charge in [0.1, 0.15) is 11.9 Å². The normalized spacial score (nSPS) is 18.7. The SMILES string of the molecule is Cc1cc(F)ccc1S(=O)(=O)N1CC[C@H](Oc2ncccc2Br)C1. The first-order valence-corrected chi connectivity index (χ1v) is 9.65. The van der Waals surface area contributed by atoms with E-state index in [2.05, 4.69) is 20.9 Å². The zero-order valence-electron chi connectivity index (χ0n) is 12.9. The summed E-state index contributed by atoms with van der Waals surface area (Å²) in [6.07, 6.45) is 1.92. The molecule has 0 saturated carbocycles. The number of sulfonamides is 1. The number of benzene rings is 1. The summed E-state index contributed by atoms with van der Waals surface area (Å²) in [5.41, 5.74) is 0.395. The maximum atomic E-state index is 13.2. The van der Waals surface area contributed by atoms with Gasteiger partial charge in [0.25, 0.3) is 0 Å². The molecule has 0 unspecified atom stereocenters. The van der Waals surface area contributed by atoms with Crippen LogP contribution in [0.4, 0.5) is 4.39 Å². The number of aryl methyl sites for hydroxylation is 1. The largest absolute Gasteiger partial charge is 0.472 e. The molecule has 0 N–H and O–H groups in total. The van der Waals surface area contributed by atoms with Crippen molar-refractivity contribution in [2.24, 2.45) is 0 Å². The first-order chi connectivity index (χ1) is 11.4. The van der Waals surface area contributed by atoms with Crippen molar-refractivity contribution in [3.8, 4) is 5.88 Å². The van der Waals surface area contributed by atoms with Crippen LogP contribution in [0, 0.1) is 12.7 Å². The Kier molecular flexibility index (Phi) is 4.89. The van der Waals surface area contributed by atoms with Crippen LogP contribution < -0.4 is 4.74 Å². The molecule has 3 rings (SSSR count). The molecule has 1 aliphatic rings. The first-order valence-electron chi connectivity index (χ1n) is 7.41. The summed E-state index contributed by atoms with van der Waals surface area (Å²) in [7, 11) is -3.67. The highest BCUT2D eigenvalue weighted by Crippen LogP contribution is 2.28. The lowest BCUT2D eigenvalue weighted by molar-refractivity contribution is 0.205. The molecule has 1 aromatic carbocycles. The van der Waals surface area contributed by atoms with Crippen molar-refractivity contribution in [2.75, 3.05) is 13.1 Å². The minimum absolute atomic E-state index is 0.128. The third-order valence-electron chi connectivity index (χ3n) is 3.87. The van der Waals surface area contributed by atoms with E-state index in [0.717, 1.165) is 10.5 Å². The molecule has 0 bridgehead atoms. The molecule has 2 aromatic rings. The summed E-state index contributed by atoms with van der Waals surface area (Å²) >= 11 is 3.36. The second-order valence-corrected chi connectivity index (χ2v) is 8.35. The Morgan fingerprint density at radius 2 is 2.17 bits per heavy atom. The molecule has 0 spiro atoms. The minimum atomic E-state index is -3.67. The fraction of sp³-hybridized carbons (Fsp3) is 0.312. The van der Waals surface area contributed by atoms with E-state index in [1.54, 1.807) is 19.2 Å². The average molecular weight is 415 g/mol. The molecule has 1 fully saturated rings. The topological polar surface area (TPSA) is 59.5 Å². The van der Waals surface area contributed by atoms with Gasteiger partial charge >= 0.3 is 0 Å². The van der Waals surface area contributed by atoms with Gasteiger partial charge in [-0.05, 0) is 65.2 Å². The van der Waals surface area contributed by atoms with Crippen molar-refractivity contribution < 1.29 is 17.5 Å². The van der Waals surface area contributed by atoms with Crippen LogP contribution in [0.2, 0.25) is 0 Å². The van der Waals surface area contributed by atoms with E-state index in [9.17, 15) is 12.8 Å². The molecule has 0 amide bonds. The third kappa shape index (κ3) is 3.45. The van der Waals surface area contributed by atoms with Crippen molar-refractivity contribution in [1.29, 1.82) is 0 Å². The van der Waals surface area contributed by atoms with E-state index < -0.39 is 15.8 Å². The number of ether oxygens (including phenoxy) is 1. The smallest absolute Gasteiger partial charge is 0.243 e. The Bertz CT molecular complexity index is 860. The van der Waals surface area contributed by atoms with E-state index in [1.807, 2.05) is 6.07 Å². The molecule has 0 radical (unpaired) electrons. The van der Waals surface area contributed by atoms with Crippen LogP contribution in [-0.4, -0.2) is 36.9 Å². The van der Waals surface area contributed by atoms with Crippen LogP contribution in [0.1, 0.15) is 12.0 Å². The van der Waals surface area contributed by atoms with Crippen LogP contribution >= 0.6 is 15.9 Å². The van der Waals surface area contributed by atoms with E-state index in [4.69, 9.17) is 4.74 Å². The highest BCUT2D eigenvalue weighted by molar-refractivity contribution is 9.10. The van der Waals surface area contributed by atoms with Crippen molar-refractivity contribution >= 4 is 26.0 Å². The fourth-order valence-corrected chi connectivity index (χ4v) is 4.71. The van der Waals surface area contributed by atoms with E-state index >= 15 is 0 Å². The summed E-state index contributed by atoms with van der Waals surface area (Å²) in [4.78, 5) is 4.26.